The van der Waals surface area contributed by atoms with Gasteiger partial charge in [0.2, 0.25) is 11.8 Å². The Hall–Kier alpha value is -5.49. The molecule has 2 aromatic heterocycles. The van der Waals surface area contributed by atoms with E-state index >= 15 is 0 Å². The third kappa shape index (κ3) is 6.83. The predicted octanol–water partition coefficient (Wildman–Crippen LogP) is 5.95. The zero-order chi connectivity index (χ0) is 35.6. The number of hydrogen-bond acceptors (Lipinski definition) is 7. The minimum absolute atomic E-state index is 0.0101. The summed E-state index contributed by atoms with van der Waals surface area (Å²) >= 11 is 0. The molecule has 5 N–H and O–H groups in total. The zero-order valence-electron chi connectivity index (χ0n) is 29.2. The van der Waals surface area contributed by atoms with Crippen molar-refractivity contribution in [2.24, 2.45) is 11.7 Å². The van der Waals surface area contributed by atoms with Crippen LogP contribution in [-0.4, -0.2) is 80.4 Å². The van der Waals surface area contributed by atoms with Crippen LogP contribution in [0.4, 0.5) is 4.79 Å². The number of benzene rings is 3. The average Bonchev–Trinajstić information content (AvgIpc) is 3.99. The predicted molar refractivity (Wildman–Crippen MR) is 195 cm³/mol. The normalized spacial score (nSPS) is 18.1. The van der Waals surface area contributed by atoms with Gasteiger partial charge >= 0.3 is 6.09 Å². The number of imidazole rings is 2. The number of fused-ring (bicyclic) bond motifs is 1. The maximum absolute atomic E-state index is 13.5. The Morgan fingerprint density at radius 3 is 1.94 bits per heavy atom. The van der Waals surface area contributed by atoms with Gasteiger partial charge in [-0.15, -0.1) is 0 Å². The quantitative estimate of drug-likeness (QED) is 0.149. The Kier molecular flexibility index (Phi) is 9.59. The minimum atomic E-state index is -0.677. The molecule has 2 aliphatic heterocycles. The summed E-state index contributed by atoms with van der Waals surface area (Å²) in [5, 5.41) is 4.93. The number of aromatic amines is 2. The van der Waals surface area contributed by atoms with Crippen LogP contribution < -0.4 is 11.1 Å². The van der Waals surface area contributed by atoms with Gasteiger partial charge in [0.15, 0.2) is 0 Å². The van der Waals surface area contributed by atoms with Gasteiger partial charge in [-0.05, 0) is 71.2 Å². The van der Waals surface area contributed by atoms with E-state index < -0.39 is 12.1 Å². The lowest BCUT2D eigenvalue weighted by molar-refractivity contribution is -0.135. The van der Waals surface area contributed by atoms with Gasteiger partial charge in [-0.1, -0.05) is 62.4 Å². The number of hydrogen-bond donors (Lipinski definition) is 4. The Morgan fingerprint density at radius 1 is 0.804 bits per heavy atom. The Bertz CT molecular complexity index is 2050. The molecule has 7 rings (SSSR count). The maximum Gasteiger partial charge on any atom is 0.407 e. The number of alkyl carbamates (subject to hydrolysis) is 1. The number of H-pyrrole nitrogens is 2. The van der Waals surface area contributed by atoms with E-state index in [1.807, 2.05) is 36.0 Å². The molecule has 3 aromatic carbocycles. The highest BCUT2D eigenvalue weighted by Crippen LogP contribution is 2.35. The first kappa shape index (κ1) is 34.0. The van der Waals surface area contributed by atoms with E-state index in [1.165, 1.54) is 7.11 Å². The summed E-state index contributed by atoms with van der Waals surface area (Å²) in [6, 6.07) is 20.3. The van der Waals surface area contributed by atoms with Crippen molar-refractivity contribution >= 4 is 28.7 Å². The topological polar surface area (TPSA) is 162 Å². The number of nitrogens with two attached hydrogens (primary N) is 1. The van der Waals surface area contributed by atoms with E-state index in [2.05, 4.69) is 80.9 Å². The molecule has 0 spiro atoms. The van der Waals surface area contributed by atoms with Crippen LogP contribution in [0.3, 0.4) is 0 Å². The third-order valence-electron chi connectivity index (χ3n) is 10.2. The van der Waals surface area contributed by atoms with Gasteiger partial charge in [-0.25, -0.2) is 14.8 Å². The summed E-state index contributed by atoms with van der Waals surface area (Å²) in [7, 11) is 1.30. The maximum atomic E-state index is 13.5. The number of rotatable bonds is 9. The summed E-state index contributed by atoms with van der Waals surface area (Å²) in [6.45, 7) is 5.14. The van der Waals surface area contributed by atoms with Crippen molar-refractivity contribution in [1.82, 2.24) is 35.1 Å². The molecular formula is C39H44N8O4. The van der Waals surface area contributed by atoms with Crippen LogP contribution in [0, 0.1) is 5.92 Å². The van der Waals surface area contributed by atoms with E-state index in [0.717, 1.165) is 81.7 Å². The molecule has 2 saturated heterocycles. The molecule has 4 heterocycles. The molecule has 0 bridgehead atoms. The van der Waals surface area contributed by atoms with Crippen LogP contribution in [0.5, 0.6) is 0 Å². The standard InChI is InChI=1S/C39H44N8O4/c1-23(2)35(45-39(50)51-3)38(49)47-17-5-7-33(47)37-42-22-31(44-37)29-15-14-27-18-26(12-13-28(27)19-29)24-8-10-25(11-9-24)30-21-41-36(43-30)32-6-4-16-46(32)34(48)20-40/h8-15,18-19,21-23,32-33,35H,4-7,16-17,20,40H2,1-3H3,(H,41,43)(H,42,44)(H,45,50)/t32?,33-,35-/m0/s1. The summed E-state index contributed by atoms with van der Waals surface area (Å²) in [5.41, 5.74) is 11.7. The SMILES string of the molecule is COC(=O)N[C@H](C(=O)N1CCC[C@H]1c1ncc(-c2ccc3cc(-c4ccc(-c5cnc(C6CCCN6C(=O)CN)[nH]5)cc4)ccc3c2)[nH]1)C(C)C. The van der Waals surface area contributed by atoms with Crippen LogP contribution in [0.25, 0.3) is 44.4 Å². The molecule has 264 valence electrons. The summed E-state index contributed by atoms with van der Waals surface area (Å²) < 4.78 is 4.76. The smallest absolute Gasteiger partial charge is 0.407 e. The fraction of sp³-hybridized carbons (Fsp3) is 0.359. The minimum Gasteiger partial charge on any atom is -0.453 e. The first-order valence-corrected chi connectivity index (χ1v) is 17.6. The number of nitrogens with one attached hydrogen (secondary N) is 3. The van der Waals surface area contributed by atoms with Crippen molar-refractivity contribution < 1.29 is 19.1 Å². The number of likely N-dealkylation sites (tertiary alicyclic amines) is 2. The lowest BCUT2D eigenvalue weighted by Gasteiger charge is -2.30. The number of nitrogens with zero attached hydrogens (tertiary/aromatic N) is 4. The molecule has 12 heteroatoms. The molecular weight excluding hydrogens is 644 g/mol. The molecule has 12 nitrogen and oxygen atoms in total. The first-order valence-electron chi connectivity index (χ1n) is 17.6. The van der Waals surface area contributed by atoms with Crippen molar-refractivity contribution in [3.05, 3.63) is 84.7 Å². The van der Waals surface area contributed by atoms with Gasteiger partial charge in [0, 0.05) is 18.7 Å². The molecule has 3 atom stereocenters. The van der Waals surface area contributed by atoms with E-state index in [9.17, 15) is 14.4 Å². The lowest BCUT2D eigenvalue weighted by Crippen LogP contribution is -2.51. The highest BCUT2D eigenvalue weighted by molar-refractivity contribution is 5.91. The van der Waals surface area contributed by atoms with E-state index in [1.54, 1.807) is 0 Å². The second-order valence-electron chi connectivity index (χ2n) is 13.7. The van der Waals surface area contributed by atoms with E-state index in [-0.39, 0.29) is 36.4 Å². The molecule has 5 aromatic rings. The number of aromatic nitrogens is 4. The number of ether oxygens (including phenoxy) is 1. The fourth-order valence-electron chi connectivity index (χ4n) is 7.40. The van der Waals surface area contributed by atoms with Crippen LogP contribution in [-0.2, 0) is 14.3 Å². The molecule has 3 amide bonds. The molecule has 1 unspecified atom stereocenters. The van der Waals surface area contributed by atoms with Crippen LogP contribution in [0.1, 0.15) is 63.3 Å². The Balaban J connectivity index is 1.05. The average molecular weight is 689 g/mol. The van der Waals surface area contributed by atoms with Gasteiger partial charge in [0.25, 0.3) is 0 Å². The number of carbonyl (C=O) groups is 3. The molecule has 51 heavy (non-hydrogen) atoms. The fourth-order valence-corrected chi connectivity index (χ4v) is 7.40. The van der Waals surface area contributed by atoms with Gasteiger partial charge in [0.1, 0.15) is 17.7 Å². The van der Waals surface area contributed by atoms with Crippen molar-refractivity contribution in [1.29, 1.82) is 0 Å². The molecule has 2 fully saturated rings. The number of methoxy groups -OCH3 is 1. The highest BCUT2D eigenvalue weighted by atomic mass is 16.5. The van der Waals surface area contributed by atoms with E-state index in [4.69, 9.17) is 15.5 Å². The monoisotopic (exact) mass is 688 g/mol. The van der Waals surface area contributed by atoms with Gasteiger partial charge in [0.05, 0.1) is 49.5 Å². The summed E-state index contributed by atoms with van der Waals surface area (Å²) in [5.74, 6) is 1.27. The largest absolute Gasteiger partial charge is 0.453 e. The highest BCUT2D eigenvalue weighted by Gasteiger charge is 2.37. The second-order valence-corrected chi connectivity index (χ2v) is 13.7. The zero-order valence-corrected chi connectivity index (χ0v) is 29.2. The van der Waals surface area contributed by atoms with Crippen molar-refractivity contribution in [3.63, 3.8) is 0 Å². The molecule has 2 aliphatic rings. The van der Waals surface area contributed by atoms with Crippen LogP contribution >= 0.6 is 0 Å². The van der Waals surface area contributed by atoms with Gasteiger partial charge in [-0.3, -0.25) is 9.59 Å². The van der Waals surface area contributed by atoms with E-state index in [0.29, 0.717) is 13.1 Å². The summed E-state index contributed by atoms with van der Waals surface area (Å²) in [4.78, 5) is 57.6. The molecule has 0 aliphatic carbocycles. The van der Waals surface area contributed by atoms with Crippen molar-refractivity contribution in [3.8, 4) is 33.6 Å². The molecule has 0 saturated carbocycles. The van der Waals surface area contributed by atoms with Gasteiger partial charge < -0.3 is 35.6 Å². The number of carbonyl (C=O) groups excluding carboxylic acids is 3. The van der Waals surface area contributed by atoms with Crippen LogP contribution in [0.2, 0.25) is 0 Å². The van der Waals surface area contributed by atoms with Crippen molar-refractivity contribution in [2.45, 2.75) is 57.7 Å². The van der Waals surface area contributed by atoms with Gasteiger partial charge in [-0.2, -0.15) is 0 Å². The Labute approximate surface area is 296 Å². The first-order chi connectivity index (χ1) is 24.7. The number of amides is 3. The van der Waals surface area contributed by atoms with Crippen LogP contribution in [0.15, 0.2) is 73.1 Å². The van der Waals surface area contributed by atoms with Crippen molar-refractivity contribution in [2.75, 3.05) is 26.7 Å². The third-order valence-corrected chi connectivity index (χ3v) is 10.2. The summed E-state index contributed by atoms with van der Waals surface area (Å²) in [6.07, 6.45) is 6.52. The lowest BCUT2D eigenvalue weighted by atomic mass is 9.98. The second kappa shape index (κ2) is 14.4. The molecule has 0 radical (unpaired) electrons. The Morgan fingerprint density at radius 2 is 1.33 bits per heavy atom.